The van der Waals surface area contributed by atoms with Gasteiger partial charge in [0.05, 0.1) is 18.1 Å². The van der Waals surface area contributed by atoms with Crippen LogP contribution in [0.2, 0.25) is 0 Å². The van der Waals surface area contributed by atoms with Gasteiger partial charge in [0, 0.05) is 12.1 Å². The first-order valence-electron chi connectivity index (χ1n) is 7.32. The summed E-state index contributed by atoms with van der Waals surface area (Å²) in [5, 5.41) is 0. The van der Waals surface area contributed by atoms with Gasteiger partial charge in [-0.1, -0.05) is 13.8 Å². The van der Waals surface area contributed by atoms with Crippen LogP contribution in [0.4, 0.5) is 5.95 Å². The first-order chi connectivity index (χ1) is 9.50. The van der Waals surface area contributed by atoms with Gasteiger partial charge in [0.1, 0.15) is 5.75 Å². The molecule has 0 saturated heterocycles. The summed E-state index contributed by atoms with van der Waals surface area (Å²) >= 11 is 0. The number of hydrogen-bond donors (Lipinski definition) is 1. The highest BCUT2D eigenvalue weighted by molar-refractivity contribution is 5.80. The third-order valence-corrected chi connectivity index (χ3v) is 4.60. The van der Waals surface area contributed by atoms with Gasteiger partial charge in [-0.25, -0.2) is 4.98 Å². The van der Waals surface area contributed by atoms with Gasteiger partial charge in [0.25, 0.3) is 0 Å². The van der Waals surface area contributed by atoms with E-state index in [2.05, 4.69) is 23.4 Å². The summed E-state index contributed by atoms with van der Waals surface area (Å²) in [7, 11) is 1.69. The normalized spacial score (nSPS) is 19.4. The summed E-state index contributed by atoms with van der Waals surface area (Å²) < 4.78 is 7.53. The predicted octanol–water partition coefficient (Wildman–Crippen LogP) is 3.77. The van der Waals surface area contributed by atoms with E-state index in [0.717, 1.165) is 16.8 Å². The largest absolute Gasteiger partial charge is 0.497 e. The number of rotatable bonds is 2. The number of fused-ring (bicyclic) bond motifs is 1. The molecule has 1 fully saturated rings. The Bertz CT molecular complexity index is 620. The molecular formula is C16H23N3O. The number of nitrogen functional groups attached to an aromatic ring is 1. The number of imidazole rings is 1. The zero-order valence-corrected chi connectivity index (χ0v) is 12.5. The molecule has 4 nitrogen and oxygen atoms in total. The van der Waals surface area contributed by atoms with E-state index in [4.69, 9.17) is 10.5 Å². The van der Waals surface area contributed by atoms with Gasteiger partial charge in [-0.05, 0) is 43.2 Å². The third kappa shape index (κ3) is 2.23. The van der Waals surface area contributed by atoms with Crippen molar-refractivity contribution in [2.24, 2.45) is 5.41 Å². The quantitative estimate of drug-likeness (QED) is 0.906. The van der Waals surface area contributed by atoms with Gasteiger partial charge >= 0.3 is 0 Å². The highest BCUT2D eigenvalue weighted by Crippen LogP contribution is 2.42. The molecule has 4 heteroatoms. The summed E-state index contributed by atoms with van der Waals surface area (Å²) in [6, 6.07) is 6.41. The van der Waals surface area contributed by atoms with Crippen LogP contribution in [0.15, 0.2) is 18.2 Å². The zero-order valence-electron chi connectivity index (χ0n) is 12.5. The molecule has 2 N–H and O–H groups in total. The highest BCUT2D eigenvalue weighted by atomic mass is 16.5. The summed E-state index contributed by atoms with van der Waals surface area (Å²) in [6.45, 7) is 4.70. The lowest BCUT2D eigenvalue weighted by Crippen LogP contribution is -2.24. The molecule has 0 radical (unpaired) electrons. The van der Waals surface area contributed by atoms with Crippen LogP contribution < -0.4 is 10.5 Å². The monoisotopic (exact) mass is 273 g/mol. The van der Waals surface area contributed by atoms with Crippen LogP contribution in [0, 0.1) is 5.41 Å². The molecule has 1 aliphatic rings. The van der Waals surface area contributed by atoms with Crippen LogP contribution in [0.25, 0.3) is 11.0 Å². The Kier molecular flexibility index (Phi) is 3.11. The van der Waals surface area contributed by atoms with E-state index in [1.165, 1.54) is 25.7 Å². The first kappa shape index (κ1) is 13.3. The smallest absolute Gasteiger partial charge is 0.201 e. The summed E-state index contributed by atoms with van der Waals surface area (Å²) in [5.74, 6) is 1.48. The summed E-state index contributed by atoms with van der Waals surface area (Å²) in [4.78, 5) is 4.49. The van der Waals surface area contributed by atoms with Gasteiger partial charge in [0.15, 0.2) is 0 Å². The third-order valence-electron chi connectivity index (χ3n) is 4.60. The molecule has 1 saturated carbocycles. The van der Waals surface area contributed by atoms with Crippen LogP contribution in [0.3, 0.4) is 0 Å². The van der Waals surface area contributed by atoms with Crippen molar-refractivity contribution >= 4 is 17.0 Å². The second kappa shape index (κ2) is 4.69. The molecule has 2 aromatic rings. The summed E-state index contributed by atoms with van der Waals surface area (Å²) in [6.07, 6.45) is 4.81. The Hall–Kier alpha value is -1.71. The first-order valence-corrected chi connectivity index (χ1v) is 7.32. The zero-order chi connectivity index (χ0) is 14.3. The van der Waals surface area contributed by atoms with E-state index < -0.39 is 0 Å². The Balaban J connectivity index is 2.00. The number of benzene rings is 1. The SMILES string of the molecule is COc1ccc2nc(N)n(C3CCC(C)(C)CC3)c2c1. The number of methoxy groups -OCH3 is 1. The van der Waals surface area contributed by atoms with Crippen molar-refractivity contribution in [3.8, 4) is 5.75 Å². The van der Waals surface area contributed by atoms with Crippen molar-refractivity contribution in [1.82, 2.24) is 9.55 Å². The molecule has 3 rings (SSSR count). The molecule has 0 amide bonds. The molecule has 1 aliphatic carbocycles. The van der Waals surface area contributed by atoms with Crippen LogP contribution in [-0.4, -0.2) is 16.7 Å². The molecule has 0 aliphatic heterocycles. The molecule has 108 valence electrons. The van der Waals surface area contributed by atoms with Crippen LogP contribution in [-0.2, 0) is 0 Å². The molecule has 20 heavy (non-hydrogen) atoms. The fourth-order valence-electron chi connectivity index (χ4n) is 3.24. The Labute approximate surface area is 119 Å². The molecule has 1 aromatic heterocycles. The van der Waals surface area contributed by atoms with E-state index in [-0.39, 0.29) is 0 Å². The van der Waals surface area contributed by atoms with Crippen molar-refractivity contribution in [1.29, 1.82) is 0 Å². The minimum Gasteiger partial charge on any atom is -0.497 e. The lowest BCUT2D eigenvalue weighted by molar-refractivity contribution is 0.197. The Morgan fingerprint density at radius 2 is 2.00 bits per heavy atom. The van der Waals surface area contributed by atoms with Crippen molar-refractivity contribution in [2.75, 3.05) is 12.8 Å². The van der Waals surface area contributed by atoms with Gasteiger partial charge in [-0.3, -0.25) is 0 Å². The number of anilines is 1. The number of nitrogens with two attached hydrogens (primary N) is 1. The fraction of sp³-hybridized carbons (Fsp3) is 0.562. The Morgan fingerprint density at radius 3 is 2.65 bits per heavy atom. The van der Waals surface area contributed by atoms with Gasteiger partial charge in [-0.15, -0.1) is 0 Å². The standard InChI is InChI=1S/C16H23N3O/c1-16(2)8-6-11(7-9-16)19-14-10-12(20-3)4-5-13(14)18-15(19)17/h4-5,10-11H,6-9H2,1-3H3,(H2,17,18). The molecule has 0 bridgehead atoms. The van der Waals surface area contributed by atoms with E-state index in [1.54, 1.807) is 7.11 Å². The van der Waals surface area contributed by atoms with Crippen LogP contribution >= 0.6 is 0 Å². The maximum Gasteiger partial charge on any atom is 0.201 e. The number of hydrogen-bond acceptors (Lipinski definition) is 3. The van der Waals surface area contributed by atoms with Gasteiger partial charge in [0.2, 0.25) is 5.95 Å². The lowest BCUT2D eigenvalue weighted by Gasteiger charge is -2.35. The maximum atomic E-state index is 6.15. The predicted molar refractivity (Wildman–Crippen MR) is 82.0 cm³/mol. The van der Waals surface area contributed by atoms with Crippen molar-refractivity contribution in [3.05, 3.63) is 18.2 Å². The molecule has 0 spiro atoms. The minimum absolute atomic E-state index is 0.458. The van der Waals surface area contributed by atoms with Crippen molar-refractivity contribution in [2.45, 2.75) is 45.6 Å². The van der Waals surface area contributed by atoms with E-state index in [0.29, 0.717) is 17.4 Å². The second-order valence-corrected chi connectivity index (χ2v) is 6.59. The maximum absolute atomic E-state index is 6.15. The fourth-order valence-corrected chi connectivity index (χ4v) is 3.24. The molecule has 0 unspecified atom stereocenters. The Morgan fingerprint density at radius 1 is 1.30 bits per heavy atom. The second-order valence-electron chi connectivity index (χ2n) is 6.59. The average Bonchev–Trinajstić information content (AvgIpc) is 2.74. The molecular weight excluding hydrogens is 250 g/mol. The number of ether oxygens (including phenoxy) is 1. The van der Waals surface area contributed by atoms with E-state index in [1.807, 2.05) is 18.2 Å². The van der Waals surface area contributed by atoms with Gasteiger partial charge in [-0.2, -0.15) is 0 Å². The number of aromatic nitrogens is 2. The number of nitrogens with zero attached hydrogens (tertiary/aromatic N) is 2. The van der Waals surface area contributed by atoms with Crippen LogP contribution in [0.1, 0.15) is 45.6 Å². The minimum atomic E-state index is 0.458. The van der Waals surface area contributed by atoms with Crippen molar-refractivity contribution in [3.63, 3.8) is 0 Å². The van der Waals surface area contributed by atoms with E-state index in [9.17, 15) is 0 Å². The summed E-state index contributed by atoms with van der Waals surface area (Å²) in [5.41, 5.74) is 8.65. The highest BCUT2D eigenvalue weighted by Gasteiger charge is 2.29. The van der Waals surface area contributed by atoms with Gasteiger partial charge < -0.3 is 15.0 Å². The van der Waals surface area contributed by atoms with Crippen molar-refractivity contribution < 1.29 is 4.74 Å². The topological polar surface area (TPSA) is 53.1 Å². The lowest BCUT2D eigenvalue weighted by atomic mass is 9.75. The molecule has 1 heterocycles. The van der Waals surface area contributed by atoms with E-state index >= 15 is 0 Å². The molecule has 1 aromatic carbocycles. The van der Waals surface area contributed by atoms with Crippen LogP contribution in [0.5, 0.6) is 5.75 Å². The average molecular weight is 273 g/mol. The molecule has 0 atom stereocenters.